The first kappa shape index (κ1) is 15.0. The zero-order valence-corrected chi connectivity index (χ0v) is 14.7. The minimum absolute atomic E-state index is 0.513. The molecule has 1 unspecified atom stereocenters. The molecular formula is C16H19N5S2. The first-order chi connectivity index (χ1) is 11.2. The van der Waals surface area contributed by atoms with Crippen molar-refractivity contribution in [2.24, 2.45) is 7.05 Å². The Morgan fingerprint density at radius 1 is 1.35 bits per heavy atom. The fourth-order valence-electron chi connectivity index (χ4n) is 3.16. The van der Waals surface area contributed by atoms with E-state index in [0.29, 0.717) is 5.92 Å². The molecule has 0 aliphatic carbocycles. The molecule has 1 aliphatic rings. The second-order valence-corrected chi connectivity index (χ2v) is 7.53. The highest BCUT2D eigenvalue weighted by Gasteiger charge is 2.24. The topological polar surface area (TPSA) is 38.9 Å². The number of rotatable bonds is 3. The maximum absolute atomic E-state index is 5.39. The van der Waals surface area contributed by atoms with E-state index in [9.17, 15) is 0 Å². The summed E-state index contributed by atoms with van der Waals surface area (Å²) in [5.74, 6) is 0.513. The van der Waals surface area contributed by atoms with Crippen molar-refractivity contribution >= 4 is 33.8 Å². The Morgan fingerprint density at radius 2 is 2.22 bits per heavy atom. The van der Waals surface area contributed by atoms with Gasteiger partial charge in [-0.1, -0.05) is 12.1 Å². The zero-order chi connectivity index (χ0) is 15.8. The molecular weight excluding hydrogens is 326 g/mol. The Bertz CT molecular complexity index is 845. The van der Waals surface area contributed by atoms with E-state index in [0.717, 1.165) is 30.0 Å². The average molecular weight is 345 g/mol. The van der Waals surface area contributed by atoms with E-state index in [1.54, 1.807) is 6.33 Å². The largest absolute Gasteiger partial charge is 0.310 e. The average Bonchev–Trinajstić information content (AvgIpc) is 3.14. The third-order valence-corrected chi connectivity index (χ3v) is 6.08. The van der Waals surface area contributed by atoms with Crippen LogP contribution in [0.1, 0.15) is 23.8 Å². The Morgan fingerprint density at radius 3 is 3.00 bits per heavy atom. The molecule has 1 aliphatic heterocycles. The molecule has 2 aromatic heterocycles. The summed E-state index contributed by atoms with van der Waals surface area (Å²) in [6.45, 7) is 2.89. The zero-order valence-electron chi connectivity index (χ0n) is 13.1. The SMILES string of the molecule is Cn1cnn(CN2CCCC(c3nc4ccccc4s3)C2)c1=S. The van der Waals surface area contributed by atoms with Crippen LogP contribution in [0.2, 0.25) is 0 Å². The molecule has 7 heteroatoms. The van der Waals surface area contributed by atoms with Gasteiger partial charge in [-0.05, 0) is 43.7 Å². The highest BCUT2D eigenvalue weighted by molar-refractivity contribution is 7.71. The van der Waals surface area contributed by atoms with Gasteiger partial charge in [-0.2, -0.15) is 5.10 Å². The summed E-state index contributed by atoms with van der Waals surface area (Å²) in [6.07, 6.45) is 4.18. The molecule has 5 nitrogen and oxygen atoms in total. The van der Waals surface area contributed by atoms with Gasteiger partial charge in [-0.15, -0.1) is 11.3 Å². The van der Waals surface area contributed by atoms with Crippen LogP contribution in [-0.4, -0.2) is 37.3 Å². The molecule has 120 valence electrons. The molecule has 0 saturated carbocycles. The van der Waals surface area contributed by atoms with Gasteiger partial charge in [0.15, 0.2) is 4.77 Å². The Kier molecular flexibility index (Phi) is 4.00. The van der Waals surface area contributed by atoms with Gasteiger partial charge in [-0.25, -0.2) is 9.67 Å². The van der Waals surface area contributed by atoms with Crippen LogP contribution in [0.15, 0.2) is 30.6 Å². The molecule has 0 amide bonds. The summed E-state index contributed by atoms with van der Waals surface area (Å²) in [5.41, 5.74) is 1.12. The van der Waals surface area contributed by atoms with Crippen LogP contribution in [0.5, 0.6) is 0 Å². The number of benzene rings is 1. The first-order valence-electron chi connectivity index (χ1n) is 7.87. The van der Waals surface area contributed by atoms with Gasteiger partial charge in [0, 0.05) is 19.5 Å². The lowest BCUT2D eigenvalue weighted by atomic mass is 9.99. The number of fused-ring (bicyclic) bond motifs is 1. The Hall–Kier alpha value is -1.57. The van der Waals surface area contributed by atoms with Crippen molar-refractivity contribution in [2.45, 2.75) is 25.4 Å². The highest BCUT2D eigenvalue weighted by Crippen LogP contribution is 2.32. The number of nitrogens with zero attached hydrogens (tertiary/aromatic N) is 5. The van der Waals surface area contributed by atoms with Crippen LogP contribution in [0.25, 0.3) is 10.2 Å². The van der Waals surface area contributed by atoms with Crippen LogP contribution in [0.4, 0.5) is 0 Å². The quantitative estimate of drug-likeness (QED) is 0.682. The normalized spacial score (nSPS) is 19.4. The van der Waals surface area contributed by atoms with Crippen molar-refractivity contribution in [3.05, 3.63) is 40.4 Å². The van der Waals surface area contributed by atoms with E-state index in [-0.39, 0.29) is 0 Å². The summed E-state index contributed by atoms with van der Waals surface area (Å²) >= 11 is 7.22. The number of hydrogen-bond donors (Lipinski definition) is 0. The smallest absolute Gasteiger partial charge is 0.198 e. The van der Waals surface area contributed by atoms with Crippen molar-refractivity contribution < 1.29 is 0 Å². The molecule has 4 rings (SSSR count). The first-order valence-corrected chi connectivity index (χ1v) is 9.09. The maximum Gasteiger partial charge on any atom is 0.198 e. The molecule has 1 aromatic carbocycles. The van der Waals surface area contributed by atoms with E-state index < -0.39 is 0 Å². The second kappa shape index (κ2) is 6.14. The highest BCUT2D eigenvalue weighted by atomic mass is 32.1. The van der Waals surface area contributed by atoms with Gasteiger partial charge in [0.2, 0.25) is 0 Å². The van der Waals surface area contributed by atoms with E-state index in [2.05, 4.69) is 34.3 Å². The van der Waals surface area contributed by atoms with Gasteiger partial charge in [-0.3, -0.25) is 4.90 Å². The lowest BCUT2D eigenvalue weighted by Crippen LogP contribution is -2.36. The van der Waals surface area contributed by atoms with Gasteiger partial charge in [0.25, 0.3) is 0 Å². The fraction of sp³-hybridized carbons (Fsp3) is 0.438. The number of aromatic nitrogens is 4. The number of hydrogen-bond acceptors (Lipinski definition) is 5. The van der Waals surface area contributed by atoms with Crippen LogP contribution >= 0.6 is 23.6 Å². The molecule has 0 radical (unpaired) electrons. The Balaban J connectivity index is 1.52. The maximum atomic E-state index is 5.39. The fourth-order valence-corrected chi connectivity index (χ4v) is 4.40. The predicted molar refractivity (Wildman–Crippen MR) is 95.2 cm³/mol. The lowest BCUT2D eigenvalue weighted by molar-refractivity contribution is 0.156. The molecule has 0 N–H and O–H groups in total. The van der Waals surface area contributed by atoms with E-state index in [1.807, 2.05) is 27.6 Å². The number of likely N-dealkylation sites (tertiary alicyclic amines) is 1. The van der Waals surface area contributed by atoms with Gasteiger partial charge >= 0.3 is 0 Å². The summed E-state index contributed by atoms with van der Waals surface area (Å²) < 4.78 is 5.83. The van der Waals surface area contributed by atoms with Crippen molar-refractivity contribution in [1.29, 1.82) is 0 Å². The number of piperidine rings is 1. The van der Waals surface area contributed by atoms with E-state index >= 15 is 0 Å². The molecule has 1 fully saturated rings. The number of para-hydroxylation sites is 1. The van der Waals surface area contributed by atoms with Gasteiger partial charge in [0.1, 0.15) is 6.33 Å². The Labute approximate surface area is 144 Å². The third-order valence-electron chi connectivity index (χ3n) is 4.39. The summed E-state index contributed by atoms with van der Waals surface area (Å²) in [5, 5.41) is 5.63. The molecule has 1 saturated heterocycles. The summed E-state index contributed by atoms with van der Waals surface area (Å²) in [7, 11) is 1.94. The van der Waals surface area contributed by atoms with Crippen molar-refractivity contribution in [3.63, 3.8) is 0 Å². The van der Waals surface area contributed by atoms with Crippen LogP contribution < -0.4 is 0 Å². The molecule has 23 heavy (non-hydrogen) atoms. The molecule has 3 aromatic rings. The van der Waals surface area contributed by atoms with Crippen LogP contribution in [0.3, 0.4) is 0 Å². The monoisotopic (exact) mass is 345 g/mol. The second-order valence-electron chi connectivity index (χ2n) is 6.10. The molecule has 0 bridgehead atoms. The minimum atomic E-state index is 0.513. The number of thiazole rings is 1. The van der Waals surface area contributed by atoms with Crippen LogP contribution in [-0.2, 0) is 13.7 Å². The number of aryl methyl sites for hydroxylation is 1. The summed E-state index contributed by atoms with van der Waals surface area (Å²) in [6, 6.07) is 8.40. The van der Waals surface area contributed by atoms with E-state index in [4.69, 9.17) is 17.2 Å². The minimum Gasteiger partial charge on any atom is -0.310 e. The molecule has 3 heterocycles. The lowest BCUT2D eigenvalue weighted by Gasteiger charge is -2.31. The molecule has 1 atom stereocenters. The van der Waals surface area contributed by atoms with Crippen molar-refractivity contribution in [1.82, 2.24) is 24.2 Å². The predicted octanol–water partition coefficient (Wildman–Crippen LogP) is 3.40. The van der Waals surface area contributed by atoms with E-state index in [1.165, 1.54) is 22.5 Å². The molecule has 0 spiro atoms. The van der Waals surface area contributed by atoms with Crippen LogP contribution in [0, 0.1) is 4.77 Å². The third kappa shape index (κ3) is 2.96. The van der Waals surface area contributed by atoms with Crippen molar-refractivity contribution in [2.75, 3.05) is 13.1 Å². The van der Waals surface area contributed by atoms with Crippen molar-refractivity contribution in [3.8, 4) is 0 Å². The standard InChI is InChI=1S/C16H19N5S2/c1-19-10-17-21(16(19)22)11-20-8-4-5-12(9-20)15-18-13-6-2-3-7-14(13)23-15/h2-3,6-7,10,12H,4-5,8-9,11H2,1H3. The summed E-state index contributed by atoms with van der Waals surface area (Å²) in [4.78, 5) is 7.28. The van der Waals surface area contributed by atoms with Gasteiger partial charge in [0.05, 0.1) is 21.9 Å². The van der Waals surface area contributed by atoms with Gasteiger partial charge < -0.3 is 4.57 Å².